The molecule has 2 rings (SSSR count). The van der Waals surface area contributed by atoms with E-state index >= 15 is 0 Å². The molecule has 0 radical (unpaired) electrons. The summed E-state index contributed by atoms with van der Waals surface area (Å²) in [4.78, 5) is 19.1. The van der Waals surface area contributed by atoms with Crippen molar-refractivity contribution in [1.29, 1.82) is 0 Å². The Kier molecular flexibility index (Phi) is 2.97. The first-order valence-electron chi connectivity index (χ1n) is 5.22. The van der Waals surface area contributed by atoms with Gasteiger partial charge in [0.2, 0.25) is 5.88 Å². The lowest BCUT2D eigenvalue weighted by Gasteiger charge is -2.08. The second kappa shape index (κ2) is 4.44. The van der Waals surface area contributed by atoms with Gasteiger partial charge in [-0.3, -0.25) is 4.68 Å². The minimum absolute atomic E-state index is 0.00574. The molecule has 0 spiro atoms. The van der Waals surface area contributed by atoms with Gasteiger partial charge in [-0.15, -0.1) is 5.10 Å². The molecular formula is C11H12N4O3. The maximum Gasteiger partial charge on any atom is 0.342 e. The molecule has 2 heterocycles. The number of aromatic nitrogens is 4. The zero-order valence-corrected chi connectivity index (χ0v) is 10.2. The van der Waals surface area contributed by atoms with Crippen LogP contribution in [0.25, 0.3) is 0 Å². The van der Waals surface area contributed by atoms with Crippen LogP contribution in [0.4, 0.5) is 0 Å². The van der Waals surface area contributed by atoms with Crippen molar-refractivity contribution in [2.45, 2.75) is 13.8 Å². The summed E-state index contributed by atoms with van der Waals surface area (Å²) in [6, 6.07) is 1.75. The van der Waals surface area contributed by atoms with Gasteiger partial charge in [-0.1, -0.05) is 0 Å². The number of nitrogens with zero attached hydrogens (tertiary/aromatic N) is 4. The van der Waals surface area contributed by atoms with Gasteiger partial charge >= 0.3 is 12.0 Å². The molecule has 94 valence electrons. The van der Waals surface area contributed by atoms with Crippen LogP contribution in [-0.2, 0) is 7.05 Å². The van der Waals surface area contributed by atoms with Crippen LogP contribution >= 0.6 is 0 Å². The number of pyridine rings is 1. The maximum atomic E-state index is 11.2. The summed E-state index contributed by atoms with van der Waals surface area (Å²) < 4.78 is 6.78. The van der Waals surface area contributed by atoms with Crippen LogP contribution in [0.15, 0.2) is 12.4 Å². The summed E-state index contributed by atoms with van der Waals surface area (Å²) in [5.41, 5.74) is 1.28. The van der Waals surface area contributed by atoms with Crippen molar-refractivity contribution in [2.75, 3.05) is 0 Å². The van der Waals surface area contributed by atoms with Gasteiger partial charge in [0.1, 0.15) is 11.9 Å². The smallest absolute Gasteiger partial charge is 0.342 e. The highest BCUT2D eigenvalue weighted by atomic mass is 16.5. The molecule has 0 aromatic carbocycles. The van der Waals surface area contributed by atoms with E-state index in [1.807, 2.05) is 0 Å². The van der Waals surface area contributed by atoms with Crippen LogP contribution in [-0.4, -0.2) is 30.8 Å². The van der Waals surface area contributed by atoms with Gasteiger partial charge in [0.25, 0.3) is 0 Å². The van der Waals surface area contributed by atoms with Crippen LogP contribution in [0.3, 0.4) is 0 Å². The van der Waals surface area contributed by atoms with Gasteiger partial charge in [0.05, 0.1) is 0 Å². The lowest BCUT2D eigenvalue weighted by Crippen LogP contribution is -2.06. The number of carboxylic acid groups (broad SMARTS) is 1. The van der Waals surface area contributed by atoms with E-state index in [1.54, 1.807) is 27.0 Å². The average Bonchev–Trinajstić information content (AvgIpc) is 2.62. The minimum atomic E-state index is -1.09. The first-order valence-corrected chi connectivity index (χ1v) is 5.22. The number of hydrogen-bond acceptors (Lipinski definition) is 5. The number of aryl methyl sites for hydroxylation is 3. The lowest BCUT2D eigenvalue weighted by atomic mass is 10.1. The second-order valence-electron chi connectivity index (χ2n) is 3.87. The van der Waals surface area contributed by atoms with Crippen LogP contribution < -0.4 is 4.74 Å². The van der Waals surface area contributed by atoms with Crippen LogP contribution in [0.1, 0.15) is 21.6 Å². The third kappa shape index (κ3) is 2.29. The van der Waals surface area contributed by atoms with Crippen molar-refractivity contribution >= 4 is 5.97 Å². The molecule has 7 heteroatoms. The van der Waals surface area contributed by atoms with Gasteiger partial charge in [0, 0.05) is 12.7 Å². The summed E-state index contributed by atoms with van der Waals surface area (Å²) >= 11 is 0. The van der Waals surface area contributed by atoms with E-state index < -0.39 is 5.97 Å². The molecule has 0 aliphatic heterocycles. The first-order chi connectivity index (χ1) is 8.47. The van der Waals surface area contributed by atoms with Gasteiger partial charge in [0.15, 0.2) is 0 Å². The molecule has 0 fully saturated rings. The van der Waals surface area contributed by atoms with E-state index in [0.717, 1.165) is 0 Å². The lowest BCUT2D eigenvalue weighted by molar-refractivity contribution is 0.0692. The third-order valence-electron chi connectivity index (χ3n) is 2.29. The van der Waals surface area contributed by atoms with Crippen molar-refractivity contribution in [1.82, 2.24) is 19.7 Å². The van der Waals surface area contributed by atoms with Gasteiger partial charge < -0.3 is 9.84 Å². The zero-order valence-electron chi connectivity index (χ0n) is 10.2. The van der Waals surface area contributed by atoms with Gasteiger partial charge in [-0.2, -0.15) is 4.98 Å². The molecule has 18 heavy (non-hydrogen) atoms. The molecule has 0 saturated heterocycles. The van der Waals surface area contributed by atoms with E-state index in [0.29, 0.717) is 11.3 Å². The van der Waals surface area contributed by atoms with E-state index in [4.69, 9.17) is 9.84 Å². The molecule has 0 aliphatic rings. The number of hydrogen-bond donors (Lipinski definition) is 1. The normalized spacial score (nSPS) is 10.4. The fourth-order valence-electron chi connectivity index (χ4n) is 1.59. The maximum absolute atomic E-state index is 11.2. The van der Waals surface area contributed by atoms with Crippen molar-refractivity contribution in [3.05, 3.63) is 29.2 Å². The quantitative estimate of drug-likeness (QED) is 0.880. The summed E-state index contributed by atoms with van der Waals surface area (Å²) in [7, 11) is 1.69. The third-order valence-corrected chi connectivity index (χ3v) is 2.29. The van der Waals surface area contributed by atoms with Crippen molar-refractivity contribution in [2.24, 2.45) is 7.05 Å². The fraction of sp³-hybridized carbons (Fsp3) is 0.273. The number of carbonyl (C=O) groups is 1. The van der Waals surface area contributed by atoms with Gasteiger partial charge in [-0.25, -0.2) is 9.78 Å². The van der Waals surface area contributed by atoms with Crippen LogP contribution in [0.2, 0.25) is 0 Å². The van der Waals surface area contributed by atoms with E-state index in [-0.39, 0.29) is 17.5 Å². The molecule has 2 aromatic heterocycles. The Morgan fingerprint density at radius 3 is 2.72 bits per heavy atom. The fourth-order valence-corrected chi connectivity index (χ4v) is 1.59. The summed E-state index contributed by atoms with van der Waals surface area (Å²) in [5, 5.41) is 13.1. The Balaban J connectivity index is 2.45. The number of ether oxygens (including phenoxy) is 1. The number of carboxylic acids is 1. The Labute approximate surface area is 103 Å². The Bertz CT molecular complexity index is 606. The molecule has 0 amide bonds. The van der Waals surface area contributed by atoms with Crippen molar-refractivity contribution in [3.8, 4) is 11.9 Å². The molecule has 0 saturated carbocycles. The van der Waals surface area contributed by atoms with Gasteiger partial charge in [-0.05, 0) is 25.5 Å². The summed E-state index contributed by atoms with van der Waals surface area (Å²) in [6.45, 7) is 3.45. The number of rotatable bonds is 3. The summed E-state index contributed by atoms with van der Waals surface area (Å²) in [5.74, 6) is -1.09. The summed E-state index contributed by atoms with van der Waals surface area (Å²) in [6.07, 6.45) is 1.46. The molecule has 0 aliphatic carbocycles. The predicted octanol–water partition coefficient (Wildman–Crippen LogP) is 1.32. The van der Waals surface area contributed by atoms with Crippen molar-refractivity contribution in [3.63, 3.8) is 0 Å². The van der Waals surface area contributed by atoms with E-state index in [9.17, 15) is 4.79 Å². The van der Waals surface area contributed by atoms with Crippen molar-refractivity contribution < 1.29 is 14.6 Å². The monoisotopic (exact) mass is 248 g/mol. The predicted molar refractivity (Wildman–Crippen MR) is 61.7 cm³/mol. The molecule has 0 bridgehead atoms. The highest BCUT2D eigenvalue weighted by molar-refractivity contribution is 5.92. The SMILES string of the molecule is Cc1cc(C)c(C(=O)O)c(Oc2ncn(C)n2)n1. The van der Waals surface area contributed by atoms with E-state index in [2.05, 4.69) is 15.1 Å². The standard InChI is InChI=1S/C11H12N4O3/c1-6-4-7(2)13-9(8(6)10(16)17)18-11-12-5-15(3)14-11/h4-5H,1-3H3,(H,16,17). The molecule has 2 aromatic rings. The second-order valence-corrected chi connectivity index (χ2v) is 3.87. The zero-order chi connectivity index (χ0) is 13.3. The Morgan fingerprint density at radius 2 is 2.17 bits per heavy atom. The molecule has 1 N–H and O–H groups in total. The number of aromatic carboxylic acids is 1. The highest BCUT2D eigenvalue weighted by Gasteiger charge is 2.18. The molecule has 0 atom stereocenters. The first kappa shape index (κ1) is 12.0. The average molecular weight is 248 g/mol. The highest BCUT2D eigenvalue weighted by Crippen LogP contribution is 2.24. The largest absolute Gasteiger partial charge is 0.477 e. The van der Waals surface area contributed by atoms with Crippen LogP contribution in [0.5, 0.6) is 11.9 Å². The molecule has 7 nitrogen and oxygen atoms in total. The molecule has 0 unspecified atom stereocenters. The Morgan fingerprint density at radius 1 is 1.44 bits per heavy atom. The van der Waals surface area contributed by atoms with E-state index in [1.165, 1.54) is 11.0 Å². The molecular weight excluding hydrogens is 236 g/mol. The van der Waals surface area contributed by atoms with Crippen LogP contribution in [0, 0.1) is 13.8 Å². The minimum Gasteiger partial charge on any atom is -0.477 e. The topological polar surface area (TPSA) is 90.1 Å². The Hall–Kier alpha value is -2.44.